The molecule has 0 aromatic rings. The number of aliphatic imine (C=N–C) groups is 1. The maximum Gasteiger partial charge on any atom is 0.191 e. The van der Waals surface area contributed by atoms with Crippen LogP contribution < -0.4 is 10.6 Å². The Morgan fingerprint density at radius 3 is 2.71 bits per heavy atom. The molecule has 1 fully saturated rings. The van der Waals surface area contributed by atoms with Crippen molar-refractivity contribution >= 4 is 5.96 Å². The van der Waals surface area contributed by atoms with Gasteiger partial charge in [0.05, 0.1) is 0 Å². The molecule has 0 aromatic carbocycles. The molecule has 2 N–H and O–H groups in total. The summed E-state index contributed by atoms with van der Waals surface area (Å²) in [5, 5.41) is 6.98. The van der Waals surface area contributed by atoms with Crippen molar-refractivity contribution in [2.24, 2.45) is 4.99 Å². The summed E-state index contributed by atoms with van der Waals surface area (Å²) in [5.74, 6) is 0.931. The standard InChI is InChI=1S/C16H35N5/c1-6-7-8-9-14(2)19-16(17-3)18-12-15-13-20(4)10-11-21(15)5/h14-15H,6-13H2,1-5H3,(H2,17,18,19). The lowest BCUT2D eigenvalue weighted by molar-refractivity contribution is 0.116. The van der Waals surface area contributed by atoms with Crippen molar-refractivity contribution < 1.29 is 0 Å². The maximum absolute atomic E-state index is 4.35. The zero-order valence-corrected chi connectivity index (χ0v) is 14.7. The van der Waals surface area contributed by atoms with Crippen LogP contribution in [-0.2, 0) is 0 Å². The molecule has 0 spiro atoms. The molecule has 1 aliphatic rings. The van der Waals surface area contributed by atoms with Crippen LogP contribution in [0.25, 0.3) is 0 Å². The van der Waals surface area contributed by atoms with Crippen LogP contribution in [0.5, 0.6) is 0 Å². The van der Waals surface area contributed by atoms with Gasteiger partial charge in [-0.25, -0.2) is 0 Å². The highest BCUT2D eigenvalue weighted by atomic mass is 15.3. The van der Waals surface area contributed by atoms with Gasteiger partial charge in [-0.3, -0.25) is 9.89 Å². The summed E-state index contributed by atoms with van der Waals surface area (Å²) >= 11 is 0. The monoisotopic (exact) mass is 297 g/mol. The van der Waals surface area contributed by atoms with Gasteiger partial charge in [-0.15, -0.1) is 0 Å². The van der Waals surface area contributed by atoms with Crippen molar-refractivity contribution in [3.63, 3.8) is 0 Å². The molecule has 2 atom stereocenters. The highest BCUT2D eigenvalue weighted by Gasteiger charge is 2.22. The number of piperazine rings is 1. The number of hydrogen-bond donors (Lipinski definition) is 2. The number of nitrogens with one attached hydrogen (secondary N) is 2. The van der Waals surface area contributed by atoms with E-state index in [9.17, 15) is 0 Å². The van der Waals surface area contributed by atoms with E-state index in [0.717, 1.165) is 32.1 Å². The van der Waals surface area contributed by atoms with Gasteiger partial charge in [0, 0.05) is 45.3 Å². The normalized spacial score (nSPS) is 23.1. The molecule has 0 aromatic heterocycles. The maximum atomic E-state index is 4.35. The van der Waals surface area contributed by atoms with E-state index >= 15 is 0 Å². The van der Waals surface area contributed by atoms with E-state index in [2.05, 4.69) is 53.4 Å². The van der Waals surface area contributed by atoms with Crippen LogP contribution >= 0.6 is 0 Å². The Balaban J connectivity index is 2.30. The Morgan fingerprint density at radius 2 is 2.05 bits per heavy atom. The third kappa shape index (κ3) is 7.14. The minimum absolute atomic E-state index is 0.481. The average molecular weight is 297 g/mol. The van der Waals surface area contributed by atoms with Gasteiger partial charge in [0.25, 0.3) is 0 Å². The predicted octanol–water partition coefficient (Wildman–Crippen LogP) is 1.37. The van der Waals surface area contributed by atoms with Crippen LogP contribution in [0.15, 0.2) is 4.99 Å². The molecule has 1 saturated heterocycles. The Hall–Kier alpha value is -0.810. The third-order valence-corrected chi connectivity index (χ3v) is 4.33. The Kier molecular flexibility index (Phi) is 8.69. The lowest BCUT2D eigenvalue weighted by atomic mass is 10.1. The molecule has 5 nitrogen and oxygen atoms in total. The molecule has 1 aliphatic heterocycles. The number of unbranched alkanes of at least 4 members (excludes halogenated alkanes) is 2. The van der Waals surface area contributed by atoms with Crippen molar-refractivity contribution in [3.8, 4) is 0 Å². The SMILES string of the molecule is CCCCCC(C)NC(=NC)NCC1CN(C)CCN1C. The van der Waals surface area contributed by atoms with Gasteiger partial charge in [-0.1, -0.05) is 26.2 Å². The van der Waals surface area contributed by atoms with E-state index in [1.807, 2.05) is 7.05 Å². The second-order valence-electron chi connectivity index (χ2n) is 6.39. The van der Waals surface area contributed by atoms with E-state index in [4.69, 9.17) is 0 Å². The molecule has 0 aliphatic carbocycles. The molecule has 1 rings (SSSR count). The second-order valence-corrected chi connectivity index (χ2v) is 6.39. The van der Waals surface area contributed by atoms with Crippen molar-refractivity contribution in [2.45, 2.75) is 51.6 Å². The van der Waals surface area contributed by atoms with Crippen LogP contribution in [0.2, 0.25) is 0 Å². The van der Waals surface area contributed by atoms with Gasteiger partial charge >= 0.3 is 0 Å². The highest BCUT2D eigenvalue weighted by molar-refractivity contribution is 5.79. The highest BCUT2D eigenvalue weighted by Crippen LogP contribution is 2.05. The predicted molar refractivity (Wildman–Crippen MR) is 92.0 cm³/mol. The Morgan fingerprint density at radius 1 is 1.29 bits per heavy atom. The minimum Gasteiger partial charge on any atom is -0.355 e. The van der Waals surface area contributed by atoms with E-state index in [-0.39, 0.29) is 0 Å². The Labute approximate surface area is 131 Å². The molecule has 0 bridgehead atoms. The van der Waals surface area contributed by atoms with Crippen molar-refractivity contribution in [2.75, 3.05) is 47.3 Å². The smallest absolute Gasteiger partial charge is 0.191 e. The molecule has 5 heteroatoms. The number of hydrogen-bond acceptors (Lipinski definition) is 3. The van der Waals surface area contributed by atoms with Gasteiger partial charge in [0.2, 0.25) is 0 Å². The van der Waals surface area contributed by atoms with E-state index in [0.29, 0.717) is 12.1 Å². The quantitative estimate of drug-likeness (QED) is 0.423. The van der Waals surface area contributed by atoms with Gasteiger partial charge < -0.3 is 15.5 Å². The second kappa shape index (κ2) is 10.0. The summed E-state index contributed by atoms with van der Waals surface area (Å²) in [6, 6.07) is 1.03. The molecular weight excluding hydrogens is 262 g/mol. The van der Waals surface area contributed by atoms with E-state index in [1.165, 1.54) is 25.7 Å². The zero-order valence-electron chi connectivity index (χ0n) is 14.7. The minimum atomic E-state index is 0.481. The summed E-state index contributed by atoms with van der Waals surface area (Å²) in [5.41, 5.74) is 0. The van der Waals surface area contributed by atoms with Crippen LogP contribution in [0, 0.1) is 0 Å². The molecule has 124 valence electrons. The molecule has 1 heterocycles. The van der Waals surface area contributed by atoms with Crippen molar-refractivity contribution in [1.82, 2.24) is 20.4 Å². The van der Waals surface area contributed by atoms with Gasteiger partial charge in [-0.05, 0) is 27.4 Å². The van der Waals surface area contributed by atoms with E-state index < -0.39 is 0 Å². The van der Waals surface area contributed by atoms with E-state index in [1.54, 1.807) is 0 Å². The van der Waals surface area contributed by atoms with Gasteiger partial charge in [0.15, 0.2) is 5.96 Å². The zero-order chi connectivity index (χ0) is 15.7. The van der Waals surface area contributed by atoms with Crippen LogP contribution in [0.3, 0.4) is 0 Å². The molecule has 0 radical (unpaired) electrons. The summed E-state index contributed by atoms with van der Waals surface area (Å²) in [7, 11) is 6.26. The van der Waals surface area contributed by atoms with Crippen LogP contribution in [0.4, 0.5) is 0 Å². The van der Waals surface area contributed by atoms with Gasteiger partial charge in [-0.2, -0.15) is 0 Å². The summed E-state index contributed by atoms with van der Waals surface area (Å²) in [6.07, 6.45) is 5.09. The molecule has 0 amide bonds. The number of nitrogens with zero attached hydrogens (tertiary/aromatic N) is 3. The van der Waals surface area contributed by atoms with Crippen molar-refractivity contribution in [3.05, 3.63) is 0 Å². The topological polar surface area (TPSA) is 42.9 Å². The molecule has 2 unspecified atom stereocenters. The summed E-state index contributed by atoms with van der Waals surface area (Å²) < 4.78 is 0. The fourth-order valence-corrected chi connectivity index (χ4v) is 2.74. The first-order chi connectivity index (χ1) is 10.1. The Bertz CT molecular complexity index is 305. The first-order valence-corrected chi connectivity index (χ1v) is 8.42. The largest absolute Gasteiger partial charge is 0.355 e. The summed E-state index contributed by atoms with van der Waals surface area (Å²) in [6.45, 7) is 8.85. The first-order valence-electron chi connectivity index (χ1n) is 8.42. The fraction of sp³-hybridized carbons (Fsp3) is 0.938. The number of guanidine groups is 1. The fourth-order valence-electron chi connectivity index (χ4n) is 2.74. The molecular formula is C16H35N5. The number of rotatable bonds is 7. The summed E-state index contributed by atoms with van der Waals surface area (Å²) in [4.78, 5) is 9.18. The average Bonchev–Trinajstić information content (AvgIpc) is 2.47. The lowest BCUT2D eigenvalue weighted by Gasteiger charge is -2.38. The third-order valence-electron chi connectivity index (χ3n) is 4.33. The lowest BCUT2D eigenvalue weighted by Crippen LogP contribution is -2.55. The number of likely N-dealkylation sites (N-methyl/N-ethyl adjacent to an activating group) is 2. The first kappa shape index (κ1) is 18.2. The van der Waals surface area contributed by atoms with Crippen molar-refractivity contribution in [1.29, 1.82) is 0 Å². The van der Waals surface area contributed by atoms with Crippen LogP contribution in [-0.4, -0.2) is 75.2 Å². The molecule has 0 saturated carbocycles. The van der Waals surface area contributed by atoms with Crippen LogP contribution in [0.1, 0.15) is 39.5 Å². The molecule has 21 heavy (non-hydrogen) atoms. The van der Waals surface area contributed by atoms with Gasteiger partial charge in [0.1, 0.15) is 0 Å².